The first-order valence-corrected chi connectivity index (χ1v) is 7.19. The van der Waals surface area contributed by atoms with E-state index in [1.165, 1.54) is 12.1 Å². The summed E-state index contributed by atoms with van der Waals surface area (Å²) in [6, 6.07) is 12.4. The lowest BCUT2D eigenvalue weighted by atomic mass is 10.2. The molecule has 0 radical (unpaired) electrons. The largest absolute Gasteiger partial charge is 0.416 e. The van der Waals surface area contributed by atoms with Gasteiger partial charge in [0.2, 0.25) is 0 Å². The van der Waals surface area contributed by atoms with Gasteiger partial charge in [0, 0.05) is 31.2 Å². The smallest absolute Gasteiger partial charge is 0.378 e. The Hall–Kier alpha value is -2.28. The lowest BCUT2D eigenvalue weighted by Gasteiger charge is -2.15. The van der Waals surface area contributed by atoms with Gasteiger partial charge in [-0.25, -0.2) is 0 Å². The zero-order valence-corrected chi connectivity index (χ0v) is 13.4. The van der Waals surface area contributed by atoms with Crippen molar-refractivity contribution in [3.8, 4) is 0 Å². The molecule has 0 saturated heterocycles. The number of thiocarbonyl (C=S) groups is 1. The van der Waals surface area contributed by atoms with Gasteiger partial charge in [-0.15, -0.1) is 0 Å². The Morgan fingerprint density at radius 3 is 2.13 bits per heavy atom. The van der Waals surface area contributed by atoms with Gasteiger partial charge < -0.3 is 15.5 Å². The number of halogens is 3. The molecule has 0 aliphatic carbocycles. The van der Waals surface area contributed by atoms with E-state index in [9.17, 15) is 13.2 Å². The van der Waals surface area contributed by atoms with Crippen molar-refractivity contribution in [3.63, 3.8) is 0 Å². The van der Waals surface area contributed by atoms with Crippen molar-refractivity contribution in [1.29, 1.82) is 0 Å². The third kappa shape index (κ3) is 4.85. The SMILES string of the molecule is CN(C)c1ccc(NC(=S)Nc2cccc(C(F)(F)F)c2)cc1. The monoisotopic (exact) mass is 339 g/mol. The molecule has 0 atom stereocenters. The maximum atomic E-state index is 12.7. The minimum atomic E-state index is -4.38. The van der Waals surface area contributed by atoms with E-state index < -0.39 is 11.7 Å². The third-order valence-electron chi connectivity index (χ3n) is 3.09. The summed E-state index contributed by atoms with van der Waals surface area (Å²) in [4.78, 5) is 1.96. The lowest BCUT2D eigenvalue weighted by Crippen LogP contribution is -2.19. The average Bonchev–Trinajstić information content (AvgIpc) is 2.47. The first-order chi connectivity index (χ1) is 10.8. The van der Waals surface area contributed by atoms with Gasteiger partial charge in [-0.1, -0.05) is 6.07 Å². The van der Waals surface area contributed by atoms with Gasteiger partial charge in [-0.2, -0.15) is 13.2 Å². The predicted molar refractivity (Wildman–Crippen MR) is 92.1 cm³/mol. The summed E-state index contributed by atoms with van der Waals surface area (Å²) in [6.45, 7) is 0. The van der Waals surface area contributed by atoms with Gasteiger partial charge in [-0.3, -0.25) is 0 Å². The molecule has 0 heterocycles. The number of benzene rings is 2. The summed E-state index contributed by atoms with van der Waals surface area (Å²) < 4.78 is 38.0. The Labute approximate surface area is 138 Å². The Morgan fingerprint density at radius 2 is 1.57 bits per heavy atom. The molecule has 0 aromatic heterocycles. The zero-order valence-electron chi connectivity index (χ0n) is 12.6. The molecule has 7 heteroatoms. The van der Waals surface area contributed by atoms with Crippen LogP contribution in [0.5, 0.6) is 0 Å². The number of nitrogens with one attached hydrogen (secondary N) is 2. The van der Waals surface area contributed by atoms with E-state index >= 15 is 0 Å². The fourth-order valence-electron chi connectivity index (χ4n) is 1.91. The Balaban J connectivity index is 2.02. The number of hydrogen-bond donors (Lipinski definition) is 2. The third-order valence-corrected chi connectivity index (χ3v) is 3.29. The van der Waals surface area contributed by atoms with Crippen molar-refractivity contribution in [1.82, 2.24) is 0 Å². The van der Waals surface area contributed by atoms with Crippen molar-refractivity contribution in [3.05, 3.63) is 54.1 Å². The molecule has 0 bridgehead atoms. The van der Waals surface area contributed by atoms with Crippen LogP contribution in [0.4, 0.5) is 30.2 Å². The molecule has 3 nitrogen and oxygen atoms in total. The first kappa shape index (κ1) is 17.1. The first-order valence-electron chi connectivity index (χ1n) is 6.78. The minimum Gasteiger partial charge on any atom is -0.378 e. The maximum absolute atomic E-state index is 12.7. The fraction of sp³-hybridized carbons (Fsp3) is 0.188. The van der Waals surface area contributed by atoms with Crippen LogP contribution in [0.3, 0.4) is 0 Å². The molecular formula is C16H16F3N3S. The molecule has 2 rings (SSSR count). The topological polar surface area (TPSA) is 27.3 Å². The second kappa shape index (κ2) is 6.87. The van der Waals surface area contributed by atoms with E-state index in [2.05, 4.69) is 10.6 Å². The molecule has 0 saturated carbocycles. The van der Waals surface area contributed by atoms with Gasteiger partial charge in [-0.05, 0) is 54.7 Å². The highest BCUT2D eigenvalue weighted by molar-refractivity contribution is 7.80. The molecule has 122 valence electrons. The van der Waals surface area contributed by atoms with Crippen molar-refractivity contribution < 1.29 is 13.2 Å². The average molecular weight is 339 g/mol. The zero-order chi connectivity index (χ0) is 17.0. The molecule has 0 unspecified atom stereocenters. The summed E-state index contributed by atoms with van der Waals surface area (Å²) in [5.74, 6) is 0. The number of alkyl halides is 3. The quantitative estimate of drug-likeness (QED) is 0.801. The van der Waals surface area contributed by atoms with Gasteiger partial charge in [0.15, 0.2) is 5.11 Å². The molecule has 0 aliphatic rings. The van der Waals surface area contributed by atoms with Crippen LogP contribution in [-0.4, -0.2) is 19.2 Å². The van der Waals surface area contributed by atoms with Crippen LogP contribution in [0.1, 0.15) is 5.56 Å². The minimum absolute atomic E-state index is 0.224. The van der Waals surface area contributed by atoms with E-state index in [4.69, 9.17) is 12.2 Å². The molecule has 0 aliphatic heterocycles. The molecule has 2 aromatic carbocycles. The fourth-order valence-corrected chi connectivity index (χ4v) is 2.15. The lowest BCUT2D eigenvalue weighted by molar-refractivity contribution is -0.137. The highest BCUT2D eigenvalue weighted by atomic mass is 32.1. The molecule has 0 fully saturated rings. The molecule has 0 spiro atoms. The van der Waals surface area contributed by atoms with Gasteiger partial charge in [0.05, 0.1) is 5.56 Å². The van der Waals surface area contributed by atoms with Crippen LogP contribution in [0, 0.1) is 0 Å². The predicted octanol–water partition coefficient (Wildman–Crippen LogP) is 4.58. The number of anilines is 3. The van der Waals surface area contributed by atoms with Crippen LogP contribution in [0.25, 0.3) is 0 Å². The summed E-state index contributed by atoms with van der Waals surface area (Å²) in [7, 11) is 3.87. The number of nitrogens with zero attached hydrogens (tertiary/aromatic N) is 1. The maximum Gasteiger partial charge on any atom is 0.416 e. The number of rotatable bonds is 3. The molecule has 2 N–H and O–H groups in total. The molecule has 2 aromatic rings. The van der Waals surface area contributed by atoms with Crippen LogP contribution in [0.15, 0.2) is 48.5 Å². The van der Waals surface area contributed by atoms with E-state index in [0.29, 0.717) is 0 Å². The summed E-state index contributed by atoms with van der Waals surface area (Å²) in [5, 5.41) is 5.91. The highest BCUT2D eigenvalue weighted by Crippen LogP contribution is 2.30. The summed E-state index contributed by atoms with van der Waals surface area (Å²) in [6.07, 6.45) is -4.38. The van der Waals surface area contributed by atoms with Gasteiger partial charge in [0.25, 0.3) is 0 Å². The Bertz CT molecular complexity index is 682. The number of hydrogen-bond acceptors (Lipinski definition) is 2. The normalized spacial score (nSPS) is 11.0. The summed E-state index contributed by atoms with van der Waals surface area (Å²) >= 11 is 5.13. The molecule has 23 heavy (non-hydrogen) atoms. The van der Waals surface area contributed by atoms with Crippen LogP contribution >= 0.6 is 12.2 Å². The van der Waals surface area contributed by atoms with E-state index in [-0.39, 0.29) is 10.8 Å². The second-order valence-corrected chi connectivity index (χ2v) is 5.51. The second-order valence-electron chi connectivity index (χ2n) is 5.10. The van der Waals surface area contributed by atoms with Gasteiger partial charge in [0.1, 0.15) is 0 Å². The summed E-state index contributed by atoms with van der Waals surface area (Å²) in [5.41, 5.74) is 1.34. The van der Waals surface area contributed by atoms with Crippen LogP contribution in [-0.2, 0) is 6.18 Å². The highest BCUT2D eigenvalue weighted by Gasteiger charge is 2.30. The van der Waals surface area contributed by atoms with Crippen LogP contribution < -0.4 is 15.5 Å². The van der Waals surface area contributed by atoms with Crippen molar-refractivity contribution in [2.45, 2.75) is 6.18 Å². The van der Waals surface area contributed by atoms with Crippen LogP contribution in [0.2, 0.25) is 0 Å². The van der Waals surface area contributed by atoms with E-state index in [1.54, 1.807) is 0 Å². The van der Waals surface area contributed by atoms with E-state index in [1.807, 2.05) is 43.3 Å². The van der Waals surface area contributed by atoms with E-state index in [0.717, 1.165) is 23.5 Å². The molecular weight excluding hydrogens is 323 g/mol. The molecule has 0 amide bonds. The van der Waals surface area contributed by atoms with Crippen molar-refractivity contribution in [2.24, 2.45) is 0 Å². The Kier molecular flexibility index (Phi) is 5.10. The Morgan fingerprint density at radius 1 is 0.957 bits per heavy atom. The van der Waals surface area contributed by atoms with Crippen molar-refractivity contribution in [2.75, 3.05) is 29.6 Å². The van der Waals surface area contributed by atoms with Crippen molar-refractivity contribution >= 4 is 34.4 Å². The van der Waals surface area contributed by atoms with Gasteiger partial charge >= 0.3 is 6.18 Å². The standard InChI is InChI=1S/C16H16F3N3S/c1-22(2)14-8-6-12(7-9-14)20-15(23)21-13-5-3-4-11(10-13)16(17,18)19/h3-10H,1-2H3,(H2,20,21,23).